The molecule has 2 rings (SSSR count). The molecule has 0 unspecified atom stereocenters. The van der Waals surface area contributed by atoms with E-state index in [0.29, 0.717) is 10.2 Å². The maximum absolute atomic E-state index is 12.4. The molecule has 0 heterocycles. The van der Waals surface area contributed by atoms with Crippen LogP contribution < -0.4 is 14.2 Å². The van der Waals surface area contributed by atoms with Gasteiger partial charge < -0.3 is 9.47 Å². The summed E-state index contributed by atoms with van der Waals surface area (Å²) < 4.78 is 38.7. The first-order valence-electron chi connectivity index (χ1n) is 7.37. The Morgan fingerprint density at radius 1 is 1.08 bits per heavy atom. The lowest BCUT2D eigenvalue weighted by molar-refractivity contribution is 0.322. The molecule has 0 aromatic heterocycles. The third kappa shape index (κ3) is 4.72. The van der Waals surface area contributed by atoms with Crippen molar-refractivity contribution in [1.29, 1.82) is 0 Å². The number of hydrogen-bond donors (Lipinski definition) is 1. The smallest absolute Gasteiger partial charge is 0.244 e. The number of ether oxygens (including phenoxy) is 2. The molecule has 0 spiro atoms. The highest BCUT2D eigenvalue weighted by atomic mass is 79.9. The first-order valence-corrected chi connectivity index (χ1v) is 9.64. The van der Waals surface area contributed by atoms with E-state index in [1.165, 1.54) is 18.7 Å². The second-order valence-electron chi connectivity index (χ2n) is 5.29. The van der Waals surface area contributed by atoms with Crippen molar-refractivity contribution < 1.29 is 17.9 Å². The molecule has 5 nitrogen and oxygen atoms in total. The minimum Gasteiger partial charge on any atom is -0.495 e. The predicted molar refractivity (Wildman–Crippen MR) is 97.3 cm³/mol. The van der Waals surface area contributed by atoms with E-state index in [1.807, 2.05) is 32.0 Å². The zero-order valence-corrected chi connectivity index (χ0v) is 16.2. The van der Waals surface area contributed by atoms with Gasteiger partial charge in [-0.2, -0.15) is 0 Å². The molecular weight excluding hydrogens is 394 g/mol. The quantitative estimate of drug-likeness (QED) is 0.706. The number of hydrogen-bond acceptors (Lipinski definition) is 4. The molecule has 0 saturated heterocycles. The van der Waals surface area contributed by atoms with Crippen molar-refractivity contribution in [3.63, 3.8) is 0 Å². The van der Waals surface area contributed by atoms with Crippen LogP contribution in [0, 0.1) is 13.8 Å². The van der Waals surface area contributed by atoms with E-state index in [9.17, 15) is 8.42 Å². The van der Waals surface area contributed by atoms with Gasteiger partial charge in [-0.15, -0.1) is 0 Å². The number of methoxy groups -OCH3 is 1. The molecule has 1 N–H and O–H groups in total. The van der Waals surface area contributed by atoms with Gasteiger partial charge in [-0.05, 0) is 55.3 Å². The van der Waals surface area contributed by atoms with Crippen molar-refractivity contribution in [2.24, 2.45) is 0 Å². The SMILES string of the molecule is COc1ccc(Br)cc1S(=O)(=O)NCCOc1ccc(C)c(C)c1. The van der Waals surface area contributed by atoms with Gasteiger partial charge in [-0.3, -0.25) is 0 Å². The van der Waals surface area contributed by atoms with Crippen molar-refractivity contribution in [2.75, 3.05) is 20.3 Å². The summed E-state index contributed by atoms with van der Waals surface area (Å²) in [6, 6.07) is 10.6. The zero-order valence-electron chi connectivity index (χ0n) is 13.8. The highest BCUT2D eigenvalue weighted by molar-refractivity contribution is 9.10. The van der Waals surface area contributed by atoms with Gasteiger partial charge in [0.1, 0.15) is 23.0 Å². The molecule has 7 heteroatoms. The van der Waals surface area contributed by atoms with Crippen molar-refractivity contribution in [1.82, 2.24) is 4.72 Å². The van der Waals surface area contributed by atoms with Crippen molar-refractivity contribution in [2.45, 2.75) is 18.7 Å². The van der Waals surface area contributed by atoms with Crippen LogP contribution in [0.2, 0.25) is 0 Å². The Kier molecular flexibility index (Phi) is 6.26. The molecule has 0 atom stereocenters. The molecular formula is C17H20BrNO4S. The fraction of sp³-hybridized carbons (Fsp3) is 0.294. The summed E-state index contributed by atoms with van der Waals surface area (Å²) in [5.41, 5.74) is 2.32. The summed E-state index contributed by atoms with van der Waals surface area (Å²) >= 11 is 3.27. The summed E-state index contributed by atoms with van der Waals surface area (Å²) in [5.74, 6) is 1.01. The molecule has 2 aromatic carbocycles. The summed E-state index contributed by atoms with van der Waals surface area (Å²) in [6.07, 6.45) is 0. The molecule has 0 aliphatic heterocycles. The third-order valence-corrected chi connectivity index (χ3v) is 5.53. The van der Waals surface area contributed by atoms with E-state index < -0.39 is 10.0 Å². The van der Waals surface area contributed by atoms with Gasteiger partial charge in [0.15, 0.2) is 0 Å². The van der Waals surface area contributed by atoms with Crippen molar-refractivity contribution >= 4 is 26.0 Å². The van der Waals surface area contributed by atoms with Gasteiger partial charge in [0, 0.05) is 11.0 Å². The topological polar surface area (TPSA) is 64.6 Å². The lowest BCUT2D eigenvalue weighted by Crippen LogP contribution is -2.28. The van der Waals surface area contributed by atoms with E-state index in [1.54, 1.807) is 12.1 Å². The first kappa shape index (κ1) is 18.8. The number of sulfonamides is 1. The Labute approximate surface area is 151 Å². The largest absolute Gasteiger partial charge is 0.495 e. The molecule has 0 aliphatic rings. The Morgan fingerprint density at radius 2 is 1.83 bits per heavy atom. The highest BCUT2D eigenvalue weighted by Gasteiger charge is 2.19. The van der Waals surface area contributed by atoms with Crippen LogP contribution in [0.1, 0.15) is 11.1 Å². The molecule has 130 valence electrons. The van der Waals surface area contributed by atoms with Gasteiger partial charge >= 0.3 is 0 Å². The van der Waals surface area contributed by atoms with Gasteiger partial charge in [-0.1, -0.05) is 22.0 Å². The van der Waals surface area contributed by atoms with Crippen LogP contribution in [0.15, 0.2) is 45.8 Å². The van der Waals surface area contributed by atoms with E-state index in [4.69, 9.17) is 9.47 Å². The van der Waals surface area contributed by atoms with Crippen molar-refractivity contribution in [3.8, 4) is 11.5 Å². The second-order valence-corrected chi connectivity index (χ2v) is 7.94. The second kappa shape index (κ2) is 8.00. The van der Waals surface area contributed by atoms with Crippen LogP contribution in [-0.2, 0) is 10.0 Å². The van der Waals surface area contributed by atoms with Crippen LogP contribution in [0.5, 0.6) is 11.5 Å². The summed E-state index contributed by atoms with van der Waals surface area (Å²) in [6.45, 7) is 4.42. The van der Waals surface area contributed by atoms with Crippen LogP contribution in [0.25, 0.3) is 0 Å². The number of rotatable bonds is 7. The van der Waals surface area contributed by atoms with Gasteiger partial charge in [0.05, 0.1) is 7.11 Å². The Morgan fingerprint density at radius 3 is 2.50 bits per heavy atom. The number of halogens is 1. The summed E-state index contributed by atoms with van der Waals surface area (Å²) in [5, 5.41) is 0. The van der Waals surface area contributed by atoms with Crippen LogP contribution >= 0.6 is 15.9 Å². The molecule has 0 saturated carbocycles. The molecule has 0 bridgehead atoms. The van der Waals surface area contributed by atoms with E-state index in [0.717, 1.165) is 11.3 Å². The molecule has 0 radical (unpaired) electrons. The van der Waals surface area contributed by atoms with Gasteiger partial charge in [0.25, 0.3) is 0 Å². The average Bonchev–Trinajstić information content (AvgIpc) is 2.55. The minimum atomic E-state index is -3.68. The number of aryl methyl sites for hydroxylation is 2. The fourth-order valence-corrected chi connectivity index (χ4v) is 3.81. The molecule has 24 heavy (non-hydrogen) atoms. The Hall–Kier alpha value is -1.57. The monoisotopic (exact) mass is 413 g/mol. The van der Waals surface area contributed by atoms with E-state index in [2.05, 4.69) is 20.7 Å². The van der Waals surface area contributed by atoms with Crippen molar-refractivity contribution in [3.05, 3.63) is 52.0 Å². The zero-order chi connectivity index (χ0) is 17.7. The highest BCUT2D eigenvalue weighted by Crippen LogP contribution is 2.27. The Balaban J connectivity index is 1.98. The Bertz CT molecular complexity index is 821. The van der Waals surface area contributed by atoms with Gasteiger partial charge in [0.2, 0.25) is 10.0 Å². The first-order chi connectivity index (χ1) is 11.3. The molecule has 2 aromatic rings. The van der Waals surface area contributed by atoms with Crippen LogP contribution in [0.4, 0.5) is 0 Å². The fourth-order valence-electron chi connectivity index (χ4n) is 2.09. The van der Waals surface area contributed by atoms with Gasteiger partial charge in [-0.25, -0.2) is 13.1 Å². The van der Waals surface area contributed by atoms with E-state index in [-0.39, 0.29) is 18.0 Å². The summed E-state index contributed by atoms with van der Waals surface area (Å²) in [4.78, 5) is 0.0885. The molecule has 0 fully saturated rings. The maximum atomic E-state index is 12.4. The predicted octanol–water partition coefficient (Wildman–Crippen LogP) is 3.43. The maximum Gasteiger partial charge on any atom is 0.244 e. The number of benzene rings is 2. The summed E-state index contributed by atoms with van der Waals surface area (Å²) in [7, 11) is -2.24. The molecule has 0 amide bonds. The minimum absolute atomic E-state index is 0.0885. The third-order valence-electron chi connectivity index (χ3n) is 3.56. The normalized spacial score (nSPS) is 11.3. The van der Waals surface area contributed by atoms with Crippen LogP contribution in [-0.4, -0.2) is 28.7 Å². The van der Waals surface area contributed by atoms with Crippen LogP contribution in [0.3, 0.4) is 0 Å². The lowest BCUT2D eigenvalue weighted by atomic mass is 10.1. The molecule has 0 aliphatic carbocycles. The average molecular weight is 414 g/mol. The lowest BCUT2D eigenvalue weighted by Gasteiger charge is -2.12. The van der Waals surface area contributed by atoms with E-state index >= 15 is 0 Å². The standard InChI is InChI=1S/C17H20BrNO4S/c1-12-4-6-15(10-13(12)2)23-9-8-19-24(20,21)17-11-14(18)5-7-16(17)22-3/h4-7,10-11,19H,8-9H2,1-3H3. The number of nitrogens with one attached hydrogen (secondary N) is 1.